The summed E-state index contributed by atoms with van der Waals surface area (Å²) in [6, 6.07) is 2.82. The standard InChI is InChI=1S/C16H21F3NO/c1-3-4-5-13-12(2)14(16(17,18)19)6-7-15(13)20-8-10-21-11-9-20/h4,6-7H,3,5,8-11H2,1-2H3. The van der Waals surface area contributed by atoms with Gasteiger partial charge in [-0.3, -0.25) is 0 Å². The highest BCUT2D eigenvalue weighted by Crippen LogP contribution is 2.37. The van der Waals surface area contributed by atoms with Crippen molar-refractivity contribution in [1.82, 2.24) is 0 Å². The highest BCUT2D eigenvalue weighted by atomic mass is 19.4. The minimum absolute atomic E-state index is 0.344. The predicted octanol–water partition coefficient (Wildman–Crippen LogP) is 4.01. The molecule has 0 aromatic heterocycles. The third-order valence-corrected chi connectivity index (χ3v) is 3.87. The molecular formula is C16H21F3NO. The fraction of sp³-hybridized carbons (Fsp3) is 0.562. The molecular weight excluding hydrogens is 279 g/mol. The zero-order chi connectivity index (χ0) is 15.5. The van der Waals surface area contributed by atoms with Gasteiger partial charge in [0.05, 0.1) is 18.8 Å². The van der Waals surface area contributed by atoms with Gasteiger partial charge >= 0.3 is 6.18 Å². The number of hydrogen-bond donors (Lipinski definition) is 0. The van der Waals surface area contributed by atoms with Crippen LogP contribution in [0.15, 0.2) is 12.1 Å². The van der Waals surface area contributed by atoms with Crippen LogP contribution in [0, 0.1) is 13.3 Å². The summed E-state index contributed by atoms with van der Waals surface area (Å²) in [5.41, 5.74) is 1.51. The minimum atomic E-state index is -4.30. The highest BCUT2D eigenvalue weighted by Gasteiger charge is 2.34. The van der Waals surface area contributed by atoms with Crippen molar-refractivity contribution in [3.8, 4) is 0 Å². The first-order valence-corrected chi connectivity index (χ1v) is 7.29. The van der Waals surface area contributed by atoms with E-state index in [9.17, 15) is 13.2 Å². The summed E-state index contributed by atoms with van der Waals surface area (Å²) in [7, 11) is 0. The van der Waals surface area contributed by atoms with Crippen LogP contribution in [0.2, 0.25) is 0 Å². The molecule has 2 nitrogen and oxygen atoms in total. The lowest BCUT2D eigenvalue weighted by atomic mass is 9.95. The number of morpholine rings is 1. The van der Waals surface area contributed by atoms with Crippen molar-refractivity contribution in [2.24, 2.45) is 0 Å². The summed E-state index contributed by atoms with van der Waals surface area (Å²) in [5, 5.41) is 0. The van der Waals surface area contributed by atoms with Crippen LogP contribution in [0.3, 0.4) is 0 Å². The van der Waals surface area contributed by atoms with E-state index < -0.39 is 11.7 Å². The maximum atomic E-state index is 13.1. The van der Waals surface area contributed by atoms with Crippen molar-refractivity contribution in [1.29, 1.82) is 0 Å². The molecule has 0 amide bonds. The summed E-state index contributed by atoms with van der Waals surface area (Å²) in [6.07, 6.45) is -0.863. The number of hydrogen-bond acceptors (Lipinski definition) is 2. The predicted molar refractivity (Wildman–Crippen MR) is 77.5 cm³/mol. The minimum Gasteiger partial charge on any atom is -0.378 e. The lowest BCUT2D eigenvalue weighted by molar-refractivity contribution is -0.138. The average Bonchev–Trinajstić information content (AvgIpc) is 2.45. The number of alkyl halides is 3. The first kappa shape index (κ1) is 16.1. The summed E-state index contributed by atoms with van der Waals surface area (Å²) >= 11 is 0. The van der Waals surface area contributed by atoms with Gasteiger partial charge in [0.25, 0.3) is 0 Å². The first-order chi connectivity index (χ1) is 9.95. The van der Waals surface area contributed by atoms with Gasteiger partial charge < -0.3 is 9.64 Å². The largest absolute Gasteiger partial charge is 0.416 e. The average molecular weight is 300 g/mol. The number of halogens is 3. The number of nitrogens with zero attached hydrogens (tertiary/aromatic N) is 1. The van der Waals surface area contributed by atoms with Crippen molar-refractivity contribution < 1.29 is 17.9 Å². The molecule has 0 aliphatic carbocycles. The molecule has 0 N–H and O–H groups in total. The lowest BCUT2D eigenvalue weighted by Gasteiger charge is -2.32. The molecule has 1 aromatic carbocycles. The summed E-state index contributed by atoms with van der Waals surface area (Å²) in [6.45, 7) is 6.27. The van der Waals surface area contributed by atoms with Crippen LogP contribution >= 0.6 is 0 Å². The Hall–Kier alpha value is -1.23. The number of anilines is 1. The van der Waals surface area contributed by atoms with Crippen LogP contribution in [0.25, 0.3) is 0 Å². The molecule has 21 heavy (non-hydrogen) atoms. The van der Waals surface area contributed by atoms with Gasteiger partial charge in [-0.05, 0) is 43.0 Å². The molecule has 0 unspecified atom stereocenters. The summed E-state index contributed by atoms with van der Waals surface area (Å²) in [5.74, 6) is 0. The van der Waals surface area contributed by atoms with E-state index in [2.05, 4.69) is 4.90 Å². The number of benzene rings is 1. The van der Waals surface area contributed by atoms with Crippen LogP contribution in [0.5, 0.6) is 0 Å². The van der Waals surface area contributed by atoms with Gasteiger partial charge in [-0.1, -0.05) is 13.3 Å². The van der Waals surface area contributed by atoms with E-state index in [1.807, 2.05) is 13.3 Å². The molecule has 5 heteroatoms. The fourth-order valence-corrected chi connectivity index (χ4v) is 2.70. The smallest absolute Gasteiger partial charge is 0.378 e. The highest BCUT2D eigenvalue weighted by molar-refractivity contribution is 5.60. The molecule has 0 atom stereocenters. The number of unbranched alkanes of at least 4 members (excludes halogenated alkanes) is 1. The molecule has 1 fully saturated rings. The monoisotopic (exact) mass is 300 g/mol. The van der Waals surface area contributed by atoms with Gasteiger partial charge in [-0.15, -0.1) is 0 Å². The van der Waals surface area contributed by atoms with Gasteiger partial charge in [0.2, 0.25) is 0 Å². The molecule has 1 aliphatic rings. The van der Waals surface area contributed by atoms with E-state index in [1.165, 1.54) is 6.07 Å². The summed E-state index contributed by atoms with van der Waals surface area (Å²) in [4.78, 5) is 2.12. The fourth-order valence-electron chi connectivity index (χ4n) is 2.70. The van der Waals surface area contributed by atoms with Gasteiger partial charge in [-0.25, -0.2) is 0 Å². The van der Waals surface area contributed by atoms with E-state index in [1.54, 1.807) is 13.0 Å². The quantitative estimate of drug-likeness (QED) is 0.833. The molecule has 1 aliphatic heterocycles. The van der Waals surface area contributed by atoms with Crippen molar-refractivity contribution in [3.63, 3.8) is 0 Å². The number of ether oxygens (including phenoxy) is 1. The Balaban J connectivity index is 2.41. The van der Waals surface area contributed by atoms with Crippen LogP contribution in [-0.2, 0) is 17.3 Å². The van der Waals surface area contributed by atoms with Crippen molar-refractivity contribution >= 4 is 5.69 Å². The normalized spacial score (nSPS) is 16.3. The maximum absolute atomic E-state index is 13.1. The van der Waals surface area contributed by atoms with E-state index in [0.29, 0.717) is 25.2 Å². The Labute approximate surface area is 123 Å². The Morgan fingerprint density at radius 1 is 1.24 bits per heavy atom. The van der Waals surface area contributed by atoms with E-state index >= 15 is 0 Å². The van der Waals surface area contributed by atoms with Crippen molar-refractivity contribution in [2.45, 2.75) is 32.9 Å². The second kappa shape index (κ2) is 6.69. The SMILES string of the molecule is CC[CH]Cc1c(N2CCOCC2)ccc(C(F)(F)F)c1C. The molecule has 1 aromatic rings. The van der Waals surface area contributed by atoms with Crippen LogP contribution in [-0.4, -0.2) is 26.3 Å². The first-order valence-electron chi connectivity index (χ1n) is 7.29. The third-order valence-electron chi connectivity index (χ3n) is 3.87. The van der Waals surface area contributed by atoms with Crippen LogP contribution in [0.4, 0.5) is 18.9 Å². The Bertz CT molecular complexity index is 479. The third kappa shape index (κ3) is 3.70. The topological polar surface area (TPSA) is 12.5 Å². The van der Waals surface area contributed by atoms with Gasteiger partial charge in [0.1, 0.15) is 0 Å². The van der Waals surface area contributed by atoms with Crippen molar-refractivity contribution in [2.75, 3.05) is 31.2 Å². The second-order valence-electron chi connectivity index (χ2n) is 5.23. The zero-order valence-electron chi connectivity index (χ0n) is 12.5. The molecule has 2 rings (SSSR count). The zero-order valence-corrected chi connectivity index (χ0v) is 12.5. The van der Waals surface area contributed by atoms with E-state index in [4.69, 9.17) is 4.74 Å². The molecule has 1 heterocycles. The molecule has 0 spiro atoms. The maximum Gasteiger partial charge on any atom is 0.416 e. The second-order valence-corrected chi connectivity index (χ2v) is 5.23. The van der Waals surface area contributed by atoms with Gasteiger partial charge in [0, 0.05) is 18.8 Å². The van der Waals surface area contributed by atoms with Crippen molar-refractivity contribution in [3.05, 3.63) is 35.2 Å². The lowest BCUT2D eigenvalue weighted by Crippen LogP contribution is -2.37. The molecule has 0 bridgehead atoms. The van der Waals surface area contributed by atoms with Crippen LogP contribution in [0.1, 0.15) is 30.0 Å². The molecule has 1 saturated heterocycles. The van der Waals surface area contributed by atoms with E-state index in [-0.39, 0.29) is 0 Å². The summed E-state index contributed by atoms with van der Waals surface area (Å²) < 4.78 is 44.6. The molecule has 117 valence electrons. The Kier molecular flexibility index (Phi) is 5.14. The number of rotatable bonds is 4. The van der Waals surface area contributed by atoms with E-state index in [0.717, 1.165) is 30.8 Å². The van der Waals surface area contributed by atoms with Gasteiger partial charge in [0.15, 0.2) is 0 Å². The Morgan fingerprint density at radius 3 is 2.48 bits per heavy atom. The van der Waals surface area contributed by atoms with Crippen LogP contribution < -0.4 is 4.90 Å². The van der Waals surface area contributed by atoms with Gasteiger partial charge in [-0.2, -0.15) is 13.2 Å². The molecule has 1 radical (unpaired) electrons. The Morgan fingerprint density at radius 2 is 1.90 bits per heavy atom. The molecule has 0 saturated carbocycles.